The Balaban J connectivity index is 1.90. The van der Waals surface area contributed by atoms with E-state index in [4.69, 9.17) is 9.47 Å². The molecule has 136 valence electrons. The van der Waals surface area contributed by atoms with Crippen LogP contribution < -0.4 is 5.32 Å². The second-order valence-corrected chi connectivity index (χ2v) is 5.47. The topological polar surface area (TPSA) is 102 Å². The Morgan fingerprint density at radius 3 is 2.80 bits per heavy atom. The highest BCUT2D eigenvalue weighted by molar-refractivity contribution is 5.80. The van der Waals surface area contributed by atoms with E-state index in [-0.39, 0.29) is 31.3 Å². The summed E-state index contributed by atoms with van der Waals surface area (Å²) >= 11 is 0. The van der Waals surface area contributed by atoms with Crippen molar-refractivity contribution in [3.63, 3.8) is 0 Å². The van der Waals surface area contributed by atoms with Crippen LogP contribution in [-0.2, 0) is 22.2 Å². The highest BCUT2D eigenvalue weighted by Gasteiger charge is 2.44. The Morgan fingerprint density at radius 1 is 1.44 bits per heavy atom. The Morgan fingerprint density at radius 2 is 2.16 bits per heavy atom. The van der Waals surface area contributed by atoms with E-state index in [1.54, 1.807) is 0 Å². The van der Waals surface area contributed by atoms with E-state index in [2.05, 4.69) is 15.4 Å². The van der Waals surface area contributed by atoms with Crippen molar-refractivity contribution in [1.82, 2.24) is 15.2 Å². The summed E-state index contributed by atoms with van der Waals surface area (Å²) in [4.78, 5) is 15.7. The average Bonchev–Trinajstić information content (AvgIpc) is 2.97. The quantitative estimate of drug-likeness (QED) is 0.627. The molecule has 3 rings (SSSR count). The third kappa shape index (κ3) is 3.79. The van der Waals surface area contributed by atoms with E-state index < -0.39 is 22.6 Å². The summed E-state index contributed by atoms with van der Waals surface area (Å²) in [7, 11) is 0. The van der Waals surface area contributed by atoms with Gasteiger partial charge < -0.3 is 19.7 Å². The first-order valence-corrected chi connectivity index (χ1v) is 7.30. The lowest BCUT2D eigenvalue weighted by Crippen LogP contribution is -2.61. The van der Waals surface area contributed by atoms with Gasteiger partial charge in [0.05, 0.1) is 44.1 Å². The van der Waals surface area contributed by atoms with Crippen molar-refractivity contribution in [1.29, 1.82) is 0 Å². The molecule has 12 heteroatoms. The minimum Gasteiger partial charge on any atom is -0.345 e. The van der Waals surface area contributed by atoms with Crippen molar-refractivity contribution in [2.45, 2.75) is 18.5 Å². The van der Waals surface area contributed by atoms with E-state index in [1.165, 1.54) is 17.2 Å². The lowest BCUT2D eigenvalue weighted by atomic mass is 10.1. The second-order valence-electron chi connectivity index (χ2n) is 5.47. The summed E-state index contributed by atoms with van der Waals surface area (Å²) in [6, 6.07) is 2.08. The smallest absolute Gasteiger partial charge is 0.345 e. The monoisotopic (exact) mass is 361 g/mol. The van der Waals surface area contributed by atoms with Gasteiger partial charge in [0.1, 0.15) is 5.10 Å². The molecule has 1 aromatic heterocycles. The summed E-state index contributed by atoms with van der Waals surface area (Å²) in [6.45, 7) is 0.401. The molecule has 2 saturated heterocycles. The number of ether oxygens (including phenoxy) is 2. The number of nitrogens with zero attached hydrogens (tertiary/aromatic N) is 4. The fourth-order valence-electron chi connectivity index (χ4n) is 2.75. The van der Waals surface area contributed by atoms with Crippen LogP contribution in [0.15, 0.2) is 23.4 Å². The SMILES string of the molecule is O=[N+]([O-])/N=C1\NCC2(CN1Cc1ncccc1C(F)(F)F)OCCO2. The summed E-state index contributed by atoms with van der Waals surface area (Å²) in [6.07, 6.45) is -3.37. The minimum absolute atomic E-state index is 0.0133. The number of rotatable bonds is 3. The largest absolute Gasteiger partial charge is 0.418 e. The lowest BCUT2D eigenvalue weighted by Gasteiger charge is -2.39. The fraction of sp³-hybridized carbons (Fsp3) is 0.538. The van der Waals surface area contributed by atoms with Crippen LogP contribution in [0.2, 0.25) is 0 Å². The Kier molecular flexibility index (Phi) is 4.47. The van der Waals surface area contributed by atoms with Crippen molar-refractivity contribution in [3.05, 3.63) is 39.7 Å². The molecule has 0 aliphatic carbocycles. The molecular weight excluding hydrogens is 347 g/mol. The van der Waals surface area contributed by atoms with Crippen LogP contribution in [0, 0.1) is 10.1 Å². The van der Waals surface area contributed by atoms with Crippen LogP contribution >= 0.6 is 0 Å². The van der Waals surface area contributed by atoms with Crippen LogP contribution in [0.25, 0.3) is 0 Å². The maximum atomic E-state index is 13.1. The van der Waals surface area contributed by atoms with Gasteiger partial charge in [0, 0.05) is 6.20 Å². The predicted octanol–water partition coefficient (Wildman–Crippen LogP) is 0.796. The number of hydrazone groups is 1. The van der Waals surface area contributed by atoms with Crippen LogP contribution in [0.4, 0.5) is 13.2 Å². The van der Waals surface area contributed by atoms with Gasteiger partial charge in [0.2, 0.25) is 5.79 Å². The van der Waals surface area contributed by atoms with E-state index in [0.29, 0.717) is 13.2 Å². The highest BCUT2D eigenvalue weighted by Crippen LogP contribution is 2.32. The predicted molar refractivity (Wildman–Crippen MR) is 76.7 cm³/mol. The summed E-state index contributed by atoms with van der Waals surface area (Å²) in [5, 5.41) is 15.7. The van der Waals surface area contributed by atoms with E-state index in [9.17, 15) is 23.3 Å². The van der Waals surface area contributed by atoms with Crippen molar-refractivity contribution < 1.29 is 27.7 Å². The van der Waals surface area contributed by atoms with Crippen molar-refractivity contribution in [3.8, 4) is 0 Å². The van der Waals surface area contributed by atoms with Crippen molar-refractivity contribution >= 4 is 5.96 Å². The summed E-state index contributed by atoms with van der Waals surface area (Å²) in [5.74, 6) is -1.25. The first kappa shape index (κ1) is 17.4. The Bertz CT molecular complexity index is 690. The van der Waals surface area contributed by atoms with Gasteiger partial charge in [-0.25, -0.2) is 10.1 Å². The number of halogens is 3. The highest BCUT2D eigenvalue weighted by atomic mass is 19.4. The molecule has 0 aromatic carbocycles. The van der Waals surface area contributed by atoms with Crippen LogP contribution in [0.5, 0.6) is 0 Å². The zero-order valence-corrected chi connectivity index (χ0v) is 12.8. The van der Waals surface area contributed by atoms with Gasteiger partial charge in [-0.2, -0.15) is 13.2 Å². The molecule has 3 heterocycles. The number of hydrogen-bond donors (Lipinski definition) is 1. The molecule has 1 spiro atoms. The van der Waals surface area contributed by atoms with Crippen LogP contribution in [-0.4, -0.2) is 53.0 Å². The first-order chi connectivity index (χ1) is 11.8. The number of nitro groups is 1. The zero-order valence-electron chi connectivity index (χ0n) is 12.8. The normalized spacial score (nSPS) is 21.6. The maximum absolute atomic E-state index is 13.1. The summed E-state index contributed by atoms with van der Waals surface area (Å²) in [5.41, 5.74) is -1.19. The van der Waals surface area contributed by atoms with Crippen LogP contribution in [0.3, 0.4) is 0 Å². The molecule has 2 aliphatic rings. The molecule has 0 atom stereocenters. The molecule has 0 saturated carbocycles. The zero-order chi connectivity index (χ0) is 18.1. The van der Waals surface area contributed by atoms with Gasteiger partial charge in [-0.05, 0) is 12.1 Å². The molecule has 0 bridgehead atoms. The third-order valence-electron chi connectivity index (χ3n) is 3.77. The van der Waals surface area contributed by atoms with Crippen molar-refractivity contribution in [2.24, 2.45) is 5.10 Å². The number of guanidine groups is 1. The average molecular weight is 361 g/mol. The minimum atomic E-state index is -4.59. The summed E-state index contributed by atoms with van der Waals surface area (Å²) < 4.78 is 50.4. The van der Waals surface area contributed by atoms with E-state index >= 15 is 0 Å². The van der Waals surface area contributed by atoms with Crippen molar-refractivity contribution in [2.75, 3.05) is 26.3 Å². The Hall–Kier alpha value is -2.47. The molecule has 0 radical (unpaired) electrons. The van der Waals surface area contributed by atoms with Gasteiger partial charge in [0.25, 0.3) is 5.96 Å². The molecule has 25 heavy (non-hydrogen) atoms. The molecule has 0 amide bonds. The number of pyridine rings is 1. The molecule has 2 aliphatic heterocycles. The molecule has 9 nitrogen and oxygen atoms in total. The van der Waals surface area contributed by atoms with Gasteiger partial charge in [-0.1, -0.05) is 0 Å². The number of hydrogen-bond acceptors (Lipinski definition) is 5. The van der Waals surface area contributed by atoms with Gasteiger partial charge >= 0.3 is 6.18 Å². The van der Waals surface area contributed by atoms with E-state index in [1.807, 2.05) is 0 Å². The molecule has 0 unspecified atom stereocenters. The number of aromatic nitrogens is 1. The van der Waals surface area contributed by atoms with Crippen LogP contribution in [0.1, 0.15) is 11.3 Å². The number of nitrogens with one attached hydrogen (secondary N) is 1. The lowest BCUT2D eigenvalue weighted by molar-refractivity contribution is -0.486. The molecule has 2 fully saturated rings. The fourth-order valence-corrected chi connectivity index (χ4v) is 2.75. The van der Waals surface area contributed by atoms with Gasteiger partial charge in [-0.3, -0.25) is 4.98 Å². The van der Waals surface area contributed by atoms with E-state index in [0.717, 1.165) is 6.07 Å². The first-order valence-electron chi connectivity index (χ1n) is 7.30. The standard InChI is InChI=1S/C13H14F3N5O4/c14-13(15,16)9-2-1-3-17-10(9)6-20-8-12(24-4-5-25-12)7-18-11(20)19-21(22)23/h1-3H,4-8H2,(H,18,19). The second kappa shape index (κ2) is 6.44. The Labute approximate surface area is 139 Å². The number of alkyl halides is 3. The molecular formula is C13H14F3N5O4. The van der Waals surface area contributed by atoms with Gasteiger partial charge in [-0.15, -0.1) is 0 Å². The van der Waals surface area contributed by atoms with Gasteiger partial charge in [0.15, 0.2) is 5.03 Å². The third-order valence-corrected chi connectivity index (χ3v) is 3.77. The maximum Gasteiger partial charge on any atom is 0.418 e. The molecule has 1 aromatic rings. The molecule has 1 N–H and O–H groups in total.